The number of carbonyl (C=O) groups is 3. The molecule has 39 heavy (non-hydrogen) atoms. The SMILES string of the molecule is CC(=O)N[C@@H]1Cc2c([nH]c3ccccc23)CN(CC(=O)N(C)Cc2cc(C(F)(F)F)cc(C(F)(F)F)c2)C1=O. The minimum atomic E-state index is -5.02. The average Bonchev–Trinajstić information content (AvgIpc) is 3.12. The van der Waals surface area contributed by atoms with Gasteiger partial charge in [-0.15, -0.1) is 0 Å². The minimum Gasteiger partial charge on any atom is -0.357 e. The fourth-order valence-corrected chi connectivity index (χ4v) is 4.65. The van der Waals surface area contributed by atoms with E-state index in [2.05, 4.69) is 10.3 Å². The molecule has 0 fully saturated rings. The van der Waals surface area contributed by atoms with Crippen LogP contribution in [0.5, 0.6) is 0 Å². The van der Waals surface area contributed by atoms with Gasteiger partial charge in [-0.1, -0.05) is 18.2 Å². The van der Waals surface area contributed by atoms with E-state index in [9.17, 15) is 40.7 Å². The molecule has 2 N–H and O–H groups in total. The van der Waals surface area contributed by atoms with E-state index in [4.69, 9.17) is 0 Å². The summed E-state index contributed by atoms with van der Waals surface area (Å²) in [6, 6.07) is 7.50. The van der Waals surface area contributed by atoms with Gasteiger partial charge in [0.15, 0.2) is 0 Å². The van der Waals surface area contributed by atoms with E-state index in [1.165, 1.54) is 18.9 Å². The molecule has 2 heterocycles. The molecular weight excluding hydrogens is 530 g/mol. The van der Waals surface area contributed by atoms with Gasteiger partial charge in [-0.3, -0.25) is 14.4 Å². The van der Waals surface area contributed by atoms with Crippen LogP contribution in [0.1, 0.15) is 34.9 Å². The normalized spacial score (nSPS) is 16.2. The van der Waals surface area contributed by atoms with Gasteiger partial charge >= 0.3 is 12.4 Å². The van der Waals surface area contributed by atoms with Crippen LogP contribution in [0.2, 0.25) is 0 Å². The Kier molecular flexibility index (Phi) is 7.37. The number of H-pyrrole nitrogens is 1. The molecular formula is C26H24F6N4O3. The molecule has 1 aromatic heterocycles. The number of alkyl halides is 6. The summed E-state index contributed by atoms with van der Waals surface area (Å²) in [4.78, 5) is 43.5. The first-order chi connectivity index (χ1) is 18.1. The van der Waals surface area contributed by atoms with Gasteiger partial charge in [-0.25, -0.2) is 0 Å². The maximum Gasteiger partial charge on any atom is 0.416 e. The number of benzene rings is 2. The Morgan fingerprint density at radius 3 is 2.26 bits per heavy atom. The van der Waals surface area contributed by atoms with E-state index in [0.29, 0.717) is 17.8 Å². The average molecular weight is 554 g/mol. The lowest BCUT2D eigenvalue weighted by molar-refractivity contribution is -0.143. The summed E-state index contributed by atoms with van der Waals surface area (Å²) >= 11 is 0. The van der Waals surface area contributed by atoms with Crippen LogP contribution in [0.3, 0.4) is 0 Å². The number of rotatable bonds is 5. The van der Waals surface area contributed by atoms with Gasteiger partial charge in [0.25, 0.3) is 0 Å². The molecule has 0 spiro atoms. The van der Waals surface area contributed by atoms with Gasteiger partial charge < -0.3 is 20.1 Å². The van der Waals surface area contributed by atoms with Gasteiger partial charge in [0.2, 0.25) is 17.7 Å². The van der Waals surface area contributed by atoms with Crippen molar-refractivity contribution in [1.29, 1.82) is 0 Å². The van der Waals surface area contributed by atoms with Crippen LogP contribution < -0.4 is 5.32 Å². The molecule has 1 atom stereocenters. The Morgan fingerprint density at radius 2 is 1.67 bits per heavy atom. The highest BCUT2D eigenvalue weighted by molar-refractivity contribution is 5.93. The molecule has 4 rings (SSSR count). The van der Waals surface area contributed by atoms with Crippen LogP contribution >= 0.6 is 0 Å². The first-order valence-corrected chi connectivity index (χ1v) is 11.8. The number of nitrogens with one attached hydrogen (secondary N) is 2. The Bertz CT molecular complexity index is 1400. The topological polar surface area (TPSA) is 85.5 Å². The quantitative estimate of drug-likeness (QED) is 0.463. The molecule has 0 aliphatic carbocycles. The summed E-state index contributed by atoms with van der Waals surface area (Å²) in [6.07, 6.45) is -9.87. The smallest absolute Gasteiger partial charge is 0.357 e. The van der Waals surface area contributed by atoms with Crippen molar-refractivity contribution >= 4 is 28.6 Å². The summed E-state index contributed by atoms with van der Waals surface area (Å²) < 4.78 is 79.3. The number of aromatic nitrogens is 1. The largest absolute Gasteiger partial charge is 0.416 e. The molecule has 3 aromatic rings. The summed E-state index contributed by atoms with van der Waals surface area (Å²) in [5.41, 5.74) is -1.10. The van der Waals surface area contributed by atoms with Crippen molar-refractivity contribution < 1.29 is 40.7 Å². The molecule has 0 radical (unpaired) electrons. The van der Waals surface area contributed by atoms with Gasteiger partial charge in [0, 0.05) is 43.5 Å². The summed E-state index contributed by atoms with van der Waals surface area (Å²) in [6.45, 7) is 0.175. The number of fused-ring (bicyclic) bond motifs is 3. The van der Waals surface area contributed by atoms with Crippen LogP contribution in [-0.2, 0) is 46.2 Å². The van der Waals surface area contributed by atoms with Crippen molar-refractivity contribution in [1.82, 2.24) is 20.1 Å². The molecule has 3 amide bonds. The first kappa shape index (κ1) is 28.0. The highest BCUT2D eigenvalue weighted by Crippen LogP contribution is 2.36. The standard InChI is InChI=1S/C26H24F6N4O3/c1-14(37)33-21-10-19-18-5-3-4-6-20(18)34-22(19)12-36(24(21)39)13-23(38)35(2)11-15-7-16(25(27,28)29)9-17(8-15)26(30,31)32/h3-9,21,34H,10-13H2,1-2H3,(H,33,37)/t21-/m1/s1. The maximum atomic E-state index is 13.3. The highest BCUT2D eigenvalue weighted by atomic mass is 19.4. The van der Waals surface area contributed by atoms with Crippen LogP contribution in [-0.4, -0.2) is 52.1 Å². The van der Waals surface area contributed by atoms with Crippen LogP contribution in [0.15, 0.2) is 42.5 Å². The number of likely N-dealkylation sites (N-methyl/N-ethyl adjacent to an activating group) is 1. The monoisotopic (exact) mass is 554 g/mol. The molecule has 1 aliphatic heterocycles. The second-order valence-corrected chi connectivity index (χ2v) is 9.44. The fourth-order valence-electron chi connectivity index (χ4n) is 4.65. The second kappa shape index (κ2) is 10.3. The summed E-state index contributed by atoms with van der Waals surface area (Å²) in [5.74, 6) is -1.71. The second-order valence-electron chi connectivity index (χ2n) is 9.44. The van der Waals surface area contributed by atoms with Crippen molar-refractivity contribution in [2.75, 3.05) is 13.6 Å². The molecule has 0 saturated heterocycles. The van der Waals surface area contributed by atoms with Gasteiger partial charge in [0.05, 0.1) is 17.7 Å². The maximum absolute atomic E-state index is 13.3. The fraction of sp³-hybridized carbons (Fsp3) is 0.346. The number of carbonyl (C=O) groups excluding carboxylic acids is 3. The lowest BCUT2D eigenvalue weighted by Gasteiger charge is -2.27. The molecule has 0 unspecified atom stereocenters. The third kappa shape index (κ3) is 6.18. The van der Waals surface area contributed by atoms with E-state index in [0.717, 1.165) is 21.4 Å². The summed E-state index contributed by atoms with van der Waals surface area (Å²) in [5, 5.41) is 3.45. The third-order valence-corrected chi connectivity index (χ3v) is 6.47. The molecule has 7 nitrogen and oxygen atoms in total. The van der Waals surface area contributed by atoms with Crippen molar-refractivity contribution in [2.24, 2.45) is 0 Å². The molecule has 208 valence electrons. The van der Waals surface area contributed by atoms with E-state index in [1.807, 2.05) is 24.3 Å². The molecule has 2 aromatic carbocycles. The van der Waals surface area contributed by atoms with Crippen molar-refractivity contribution in [3.63, 3.8) is 0 Å². The Labute approximate surface area is 218 Å². The predicted molar refractivity (Wildman–Crippen MR) is 128 cm³/mol. The number of amides is 3. The molecule has 13 heteroatoms. The molecule has 0 bridgehead atoms. The minimum absolute atomic E-state index is 0.0136. The number of para-hydroxylation sites is 1. The lowest BCUT2D eigenvalue weighted by Crippen LogP contribution is -2.50. The Hall–Kier alpha value is -4.03. The van der Waals surface area contributed by atoms with E-state index in [-0.39, 0.29) is 24.6 Å². The third-order valence-electron chi connectivity index (χ3n) is 6.47. The lowest BCUT2D eigenvalue weighted by atomic mass is 10.0. The number of halogens is 6. The predicted octanol–water partition coefficient (Wildman–Crippen LogP) is 4.25. The number of aromatic amines is 1. The van der Waals surface area contributed by atoms with Crippen LogP contribution in [0.4, 0.5) is 26.3 Å². The zero-order valence-electron chi connectivity index (χ0n) is 20.8. The van der Waals surface area contributed by atoms with E-state index >= 15 is 0 Å². The zero-order valence-corrected chi connectivity index (χ0v) is 20.8. The van der Waals surface area contributed by atoms with Gasteiger partial charge in [-0.2, -0.15) is 26.3 Å². The number of hydrogen-bond acceptors (Lipinski definition) is 3. The van der Waals surface area contributed by atoms with Crippen LogP contribution in [0.25, 0.3) is 10.9 Å². The van der Waals surface area contributed by atoms with E-state index in [1.54, 1.807) is 0 Å². The van der Waals surface area contributed by atoms with Crippen molar-refractivity contribution in [3.8, 4) is 0 Å². The Balaban J connectivity index is 1.59. The van der Waals surface area contributed by atoms with Crippen molar-refractivity contribution in [3.05, 3.63) is 70.4 Å². The van der Waals surface area contributed by atoms with Crippen molar-refractivity contribution in [2.45, 2.75) is 44.8 Å². The number of nitrogens with zero attached hydrogens (tertiary/aromatic N) is 2. The van der Waals surface area contributed by atoms with Crippen LogP contribution in [0, 0.1) is 0 Å². The molecule has 0 saturated carbocycles. The first-order valence-electron chi connectivity index (χ1n) is 11.8. The number of hydrogen-bond donors (Lipinski definition) is 2. The zero-order chi connectivity index (χ0) is 28.7. The Morgan fingerprint density at radius 1 is 1.05 bits per heavy atom. The summed E-state index contributed by atoms with van der Waals surface area (Å²) in [7, 11) is 1.22. The highest BCUT2D eigenvalue weighted by Gasteiger charge is 2.37. The van der Waals surface area contributed by atoms with Gasteiger partial charge in [-0.05, 0) is 35.4 Å². The van der Waals surface area contributed by atoms with Gasteiger partial charge in [0.1, 0.15) is 12.6 Å². The molecule has 1 aliphatic rings. The van der Waals surface area contributed by atoms with E-state index < -0.39 is 60.3 Å².